The Kier molecular flexibility index (Phi) is 10.6. The second-order valence-corrected chi connectivity index (χ2v) is 7.75. The van der Waals surface area contributed by atoms with Gasteiger partial charge in [-0.1, -0.05) is 54.6 Å². The Morgan fingerprint density at radius 1 is 1.03 bits per heavy atom. The van der Waals surface area contributed by atoms with Gasteiger partial charge >= 0.3 is 0 Å². The van der Waals surface area contributed by atoms with Crippen molar-refractivity contribution in [2.45, 2.75) is 52.0 Å². The summed E-state index contributed by atoms with van der Waals surface area (Å²) in [5.41, 5.74) is 3.44. The van der Waals surface area contributed by atoms with E-state index in [0.717, 1.165) is 38.5 Å². The van der Waals surface area contributed by atoms with Crippen LogP contribution in [0.25, 0.3) is 0 Å². The third kappa shape index (κ3) is 8.24. The van der Waals surface area contributed by atoms with Gasteiger partial charge in [-0.15, -0.1) is 24.0 Å². The summed E-state index contributed by atoms with van der Waals surface area (Å²) in [6.45, 7) is 8.54. The van der Waals surface area contributed by atoms with Crippen LogP contribution in [0.15, 0.2) is 59.6 Å². The van der Waals surface area contributed by atoms with E-state index < -0.39 is 0 Å². The molecule has 1 saturated heterocycles. The summed E-state index contributed by atoms with van der Waals surface area (Å²) < 4.78 is 11.7. The number of rotatable bonds is 9. The van der Waals surface area contributed by atoms with Crippen LogP contribution in [0.3, 0.4) is 0 Å². The van der Waals surface area contributed by atoms with Crippen LogP contribution < -0.4 is 10.6 Å². The molecular weight excluding hydrogens is 489 g/mol. The van der Waals surface area contributed by atoms with Gasteiger partial charge in [-0.3, -0.25) is 0 Å². The van der Waals surface area contributed by atoms with Gasteiger partial charge in [0.25, 0.3) is 0 Å². The highest BCUT2D eigenvalue weighted by atomic mass is 127. The van der Waals surface area contributed by atoms with Crippen LogP contribution in [0.2, 0.25) is 0 Å². The number of aliphatic imine (C=N–C) groups is 1. The van der Waals surface area contributed by atoms with Crippen LogP contribution in [0.5, 0.6) is 0 Å². The molecule has 1 fully saturated rings. The zero-order chi connectivity index (χ0) is 20.4. The fraction of sp³-hybridized carbons (Fsp3) is 0.458. The number of nitrogens with one attached hydrogen (secondary N) is 2. The van der Waals surface area contributed by atoms with E-state index in [4.69, 9.17) is 14.5 Å². The second kappa shape index (κ2) is 12.9. The lowest BCUT2D eigenvalue weighted by Gasteiger charge is -2.24. The molecule has 1 aliphatic rings. The van der Waals surface area contributed by atoms with E-state index in [1.54, 1.807) is 0 Å². The summed E-state index contributed by atoms with van der Waals surface area (Å²) in [7, 11) is 0. The number of nitrogens with zero attached hydrogens (tertiary/aromatic N) is 1. The van der Waals surface area contributed by atoms with Crippen LogP contribution in [0.1, 0.15) is 43.4 Å². The highest BCUT2D eigenvalue weighted by molar-refractivity contribution is 14.0. The molecule has 1 heterocycles. The third-order valence-corrected chi connectivity index (χ3v) is 5.07. The molecular formula is C24H34IN3O2. The number of benzene rings is 2. The van der Waals surface area contributed by atoms with Crippen molar-refractivity contribution in [3.8, 4) is 0 Å². The van der Waals surface area contributed by atoms with E-state index in [1.165, 1.54) is 16.7 Å². The molecule has 1 atom stereocenters. The molecule has 0 amide bonds. The summed E-state index contributed by atoms with van der Waals surface area (Å²) in [6.07, 6.45) is 2.22. The monoisotopic (exact) mass is 523 g/mol. The minimum Gasteiger partial charge on any atom is -0.373 e. The van der Waals surface area contributed by atoms with E-state index in [9.17, 15) is 0 Å². The van der Waals surface area contributed by atoms with Crippen LogP contribution in [-0.4, -0.2) is 31.3 Å². The molecule has 2 aromatic carbocycles. The number of hydrogen-bond acceptors (Lipinski definition) is 3. The second-order valence-electron chi connectivity index (χ2n) is 7.75. The van der Waals surface area contributed by atoms with Crippen molar-refractivity contribution < 1.29 is 9.47 Å². The molecule has 3 rings (SSSR count). The number of halogens is 1. The Hall–Kier alpha value is -1.64. The first-order valence-electron chi connectivity index (χ1n) is 10.5. The highest BCUT2D eigenvalue weighted by Crippen LogP contribution is 2.23. The van der Waals surface area contributed by atoms with Crippen molar-refractivity contribution in [1.82, 2.24) is 10.6 Å². The summed E-state index contributed by atoms with van der Waals surface area (Å²) in [4.78, 5) is 4.74. The zero-order valence-electron chi connectivity index (χ0n) is 18.0. The molecule has 164 valence electrons. The van der Waals surface area contributed by atoms with E-state index >= 15 is 0 Å². The summed E-state index contributed by atoms with van der Waals surface area (Å²) >= 11 is 0. The van der Waals surface area contributed by atoms with Gasteiger partial charge in [0.1, 0.15) is 0 Å². The predicted molar refractivity (Wildman–Crippen MR) is 133 cm³/mol. The quantitative estimate of drug-likeness (QED) is 0.286. The fourth-order valence-corrected chi connectivity index (χ4v) is 3.44. The lowest BCUT2D eigenvalue weighted by Crippen LogP contribution is -2.45. The summed E-state index contributed by atoms with van der Waals surface area (Å²) in [5.74, 6) is 0.829. The fourth-order valence-electron chi connectivity index (χ4n) is 3.44. The maximum atomic E-state index is 5.86. The third-order valence-electron chi connectivity index (χ3n) is 5.07. The molecule has 5 nitrogen and oxygen atoms in total. The average molecular weight is 523 g/mol. The Balaban J connectivity index is 0.00000320. The minimum absolute atomic E-state index is 0. The van der Waals surface area contributed by atoms with E-state index in [2.05, 4.69) is 60.9 Å². The highest BCUT2D eigenvalue weighted by Gasteiger charge is 2.29. The zero-order valence-corrected chi connectivity index (χ0v) is 20.4. The molecule has 0 aromatic heterocycles. The van der Waals surface area contributed by atoms with Gasteiger partial charge in [0.15, 0.2) is 5.96 Å². The maximum Gasteiger partial charge on any atom is 0.191 e. The largest absolute Gasteiger partial charge is 0.373 e. The molecule has 0 radical (unpaired) electrons. The van der Waals surface area contributed by atoms with Crippen LogP contribution in [0.4, 0.5) is 0 Å². The molecule has 0 bridgehead atoms. The van der Waals surface area contributed by atoms with Gasteiger partial charge < -0.3 is 20.1 Å². The molecule has 0 saturated carbocycles. The Labute approximate surface area is 197 Å². The Bertz CT molecular complexity index is 777. The van der Waals surface area contributed by atoms with Gasteiger partial charge in [0.2, 0.25) is 0 Å². The SMILES string of the molecule is CCNC(=NCc1cccc(COCc2ccccc2)c1)NCC1(C)CCCO1.I. The molecule has 0 aliphatic carbocycles. The van der Waals surface area contributed by atoms with Crippen molar-refractivity contribution in [2.24, 2.45) is 4.99 Å². The normalized spacial score (nSPS) is 18.7. The number of guanidine groups is 1. The van der Waals surface area contributed by atoms with E-state index in [-0.39, 0.29) is 29.6 Å². The molecule has 6 heteroatoms. The minimum atomic E-state index is -0.0911. The van der Waals surface area contributed by atoms with Gasteiger partial charge in [-0.05, 0) is 43.4 Å². The topological polar surface area (TPSA) is 54.9 Å². The van der Waals surface area contributed by atoms with Gasteiger partial charge in [0, 0.05) is 19.7 Å². The Morgan fingerprint density at radius 3 is 2.50 bits per heavy atom. The van der Waals surface area contributed by atoms with Crippen LogP contribution >= 0.6 is 24.0 Å². The predicted octanol–water partition coefficient (Wildman–Crippen LogP) is 4.65. The van der Waals surface area contributed by atoms with Crippen molar-refractivity contribution in [1.29, 1.82) is 0 Å². The summed E-state index contributed by atoms with van der Waals surface area (Å²) in [5, 5.41) is 6.75. The molecule has 2 N–H and O–H groups in total. The first-order valence-corrected chi connectivity index (χ1v) is 10.5. The van der Waals surface area contributed by atoms with Gasteiger partial charge in [-0.2, -0.15) is 0 Å². The van der Waals surface area contributed by atoms with Crippen LogP contribution in [-0.2, 0) is 29.2 Å². The first kappa shape index (κ1) is 24.6. The standard InChI is InChI=1S/C24H33N3O2.HI/c1-3-25-23(27-19-24(2)13-8-14-29-24)26-16-21-11-7-12-22(15-21)18-28-17-20-9-5-4-6-10-20;/h4-7,9-12,15H,3,8,13-14,16-19H2,1-2H3,(H2,25,26,27);1H. The molecule has 1 unspecified atom stereocenters. The molecule has 1 aliphatic heterocycles. The lowest BCUT2D eigenvalue weighted by atomic mass is 10.0. The maximum absolute atomic E-state index is 5.86. The first-order chi connectivity index (χ1) is 14.2. The van der Waals surface area contributed by atoms with Crippen molar-refractivity contribution in [3.63, 3.8) is 0 Å². The molecule has 30 heavy (non-hydrogen) atoms. The van der Waals surface area contributed by atoms with Gasteiger partial charge in [0.05, 0.1) is 25.4 Å². The van der Waals surface area contributed by atoms with Crippen LogP contribution in [0, 0.1) is 0 Å². The smallest absolute Gasteiger partial charge is 0.191 e. The van der Waals surface area contributed by atoms with Crippen molar-refractivity contribution in [2.75, 3.05) is 19.7 Å². The van der Waals surface area contributed by atoms with E-state index in [0.29, 0.717) is 19.8 Å². The summed E-state index contributed by atoms with van der Waals surface area (Å²) in [6, 6.07) is 18.7. The molecule has 2 aromatic rings. The average Bonchev–Trinajstić information content (AvgIpc) is 3.18. The number of ether oxygens (including phenoxy) is 2. The lowest BCUT2D eigenvalue weighted by molar-refractivity contribution is 0.0243. The van der Waals surface area contributed by atoms with Crippen molar-refractivity contribution in [3.05, 3.63) is 71.3 Å². The Morgan fingerprint density at radius 2 is 1.77 bits per heavy atom. The van der Waals surface area contributed by atoms with Gasteiger partial charge in [-0.25, -0.2) is 4.99 Å². The van der Waals surface area contributed by atoms with Crippen molar-refractivity contribution >= 4 is 29.9 Å². The number of hydrogen-bond donors (Lipinski definition) is 2. The molecule has 0 spiro atoms. The van der Waals surface area contributed by atoms with E-state index in [1.807, 2.05) is 18.2 Å².